The number of para-hydroxylation sites is 1. The van der Waals surface area contributed by atoms with E-state index < -0.39 is 0 Å². The fourth-order valence-electron chi connectivity index (χ4n) is 2.31. The van der Waals surface area contributed by atoms with E-state index in [4.69, 9.17) is 0 Å². The molecule has 1 aromatic carbocycles. The van der Waals surface area contributed by atoms with Crippen molar-refractivity contribution in [1.29, 1.82) is 0 Å². The van der Waals surface area contributed by atoms with Crippen LogP contribution in [-0.2, 0) is 0 Å². The summed E-state index contributed by atoms with van der Waals surface area (Å²) in [6, 6.07) is 10.8. The van der Waals surface area contributed by atoms with Gasteiger partial charge in [0.05, 0.1) is 5.37 Å². The molecule has 0 saturated carbocycles. The van der Waals surface area contributed by atoms with Crippen LogP contribution < -0.4 is 10.2 Å². The third-order valence-corrected chi connectivity index (χ3v) is 4.67. The van der Waals surface area contributed by atoms with E-state index in [0.717, 1.165) is 19.6 Å². The van der Waals surface area contributed by atoms with Crippen molar-refractivity contribution in [3.63, 3.8) is 0 Å². The van der Waals surface area contributed by atoms with Gasteiger partial charge in [-0.05, 0) is 24.3 Å². The summed E-state index contributed by atoms with van der Waals surface area (Å²) in [5.74, 6) is 1.28. The van der Waals surface area contributed by atoms with Crippen LogP contribution in [0.2, 0.25) is 0 Å². The van der Waals surface area contributed by atoms with Crippen molar-refractivity contribution in [3.05, 3.63) is 30.3 Å². The van der Waals surface area contributed by atoms with E-state index in [2.05, 4.69) is 59.2 Å². The number of piperazine rings is 1. The second kappa shape index (κ2) is 7.70. The Morgan fingerprint density at radius 2 is 2.11 bits per heavy atom. The van der Waals surface area contributed by atoms with E-state index in [1.807, 2.05) is 0 Å². The number of nitrogens with one attached hydrogen (secondary N) is 1. The van der Waals surface area contributed by atoms with Gasteiger partial charge in [0.1, 0.15) is 0 Å². The lowest BCUT2D eigenvalue weighted by Gasteiger charge is -2.37. The maximum Gasteiger partial charge on any atom is 0.0875 e. The molecule has 0 amide bonds. The molecule has 100 valence electrons. The lowest BCUT2D eigenvalue weighted by Crippen LogP contribution is -2.50. The van der Waals surface area contributed by atoms with E-state index in [1.165, 1.54) is 30.7 Å². The van der Waals surface area contributed by atoms with Crippen molar-refractivity contribution in [3.8, 4) is 0 Å². The number of unbranched alkanes of at least 4 members (excludes halogenated alkanes) is 2. The smallest absolute Gasteiger partial charge is 0.0875 e. The highest BCUT2D eigenvalue weighted by Crippen LogP contribution is 2.25. The van der Waals surface area contributed by atoms with Gasteiger partial charge in [-0.3, -0.25) is 0 Å². The number of rotatable bonds is 6. The van der Waals surface area contributed by atoms with Crippen molar-refractivity contribution in [2.75, 3.05) is 30.3 Å². The van der Waals surface area contributed by atoms with E-state index in [9.17, 15) is 0 Å². The van der Waals surface area contributed by atoms with E-state index >= 15 is 0 Å². The summed E-state index contributed by atoms with van der Waals surface area (Å²) in [6.45, 7) is 5.59. The minimum atomic E-state index is 0.595. The summed E-state index contributed by atoms with van der Waals surface area (Å²) in [4.78, 5) is 2.55. The zero-order valence-electron chi connectivity index (χ0n) is 11.3. The fourth-order valence-corrected chi connectivity index (χ4v) is 3.60. The Morgan fingerprint density at radius 3 is 2.89 bits per heavy atom. The number of hydrogen-bond donors (Lipinski definition) is 1. The van der Waals surface area contributed by atoms with Gasteiger partial charge in [-0.25, -0.2) is 0 Å². The zero-order valence-corrected chi connectivity index (χ0v) is 12.1. The molecule has 0 bridgehead atoms. The monoisotopic (exact) mass is 264 g/mol. The van der Waals surface area contributed by atoms with Crippen LogP contribution in [0.15, 0.2) is 30.3 Å². The van der Waals surface area contributed by atoms with Crippen LogP contribution in [0.4, 0.5) is 5.69 Å². The van der Waals surface area contributed by atoms with Crippen molar-refractivity contribution < 1.29 is 0 Å². The van der Waals surface area contributed by atoms with E-state index in [-0.39, 0.29) is 0 Å². The van der Waals surface area contributed by atoms with Crippen LogP contribution >= 0.6 is 11.8 Å². The maximum absolute atomic E-state index is 3.51. The summed E-state index contributed by atoms with van der Waals surface area (Å²) in [5, 5.41) is 4.11. The number of thioether (sulfide) groups is 1. The Balaban J connectivity index is 1.90. The molecular weight excluding hydrogens is 240 g/mol. The number of benzene rings is 1. The molecule has 1 fully saturated rings. The first-order chi connectivity index (χ1) is 8.92. The van der Waals surface area contributed by atoms with Gasteiger partial charge in [-0.2, -0.15) is 0 Å². The summed E-state index contributed by atoms with van der Waals surface area (Å²) in [6.07, 6.45) is 4.02. The first-order valence-electron chi connectivity index (χ1n) is 7.06. The topological polar surface area (TPSA) is 15.3 Å². The predicted octanol–water partition coefficient (Wildman–Crippen LogP) is 3.35. The van der Waals surface area contributed by atoms with Crippen LogP contribution in [0.3, 0.4) is 0 Å². The molecule has 0 spiro atoms. The lowest BCUT2D eigenvalue weighted by atomic mass is 10.2. The maximum atomic E-state index is 3.51. The highest BCUT2D eigenvalue weighted by molar-refractivity contribution is 8.00. The van der Waals surface area contributed by atoms with Gasteiger partial charge in [-0.15, -0.1) is 11.8 Å². The first-order valence-corrected chi connectivity index (χ1v) is 8.10. The molecule has 18 heavy (non-hydrogen) atoms. The predicted molar refractivity (Wildman–Crippen MR) is 82.4 cm³/mol. The van der Waals surface area contributed by atoms with Crippen molar-refractivity contribution in [1.82, 2.24) is 5.32 Å². The van der Waals surface area contributed by atoms with Gasteiger partial charge < -0.3 is 10.2 Å². The summed E-state index contributed by atoms with van der Waals surface area (Å²) >= 11 is 2.10. The molecule has 1 heterocycles. The number of anilines is 1. The molecule has 2 nitrogen and oxygen atoms in total. The van der Waals surface area contributed by atoms with E-state index in [0.29, 0.717) is 5.37 Å². The first kappa shape index (κ1) is 13.8. The van der Waals surface area contributed by atoms with Crippen molar-refractivity contribution >= 4 is 17.4 Å². The third-order valence-electron chi connectivity index (χ3n) is 3.34. The van der Waals surface area contributed by atoms with Crippen LogP contribution in [-0.4, -0.2) is 30.8 Å². The summed E-state index contributed by atoms with van der Waals surface area (Å²) < 4.78 is 0. The fraction of sp³-hybridized carbons (Fsp3) is 0.600. The molecule has 1 saturated heterocycles. The molecule has 1 aliphatic rings. The molecule has 1 aromatic rings. The Labute approximate surface area is 115 Å². The largest absolute Gasteiger partial charge is 0.357 e. The molecule has 3 heteroatoms. The molecule has 0 radical (unpaired) electrons. The normalized spacial score (nSPS) is 20.1. The van der Waals surface area contributed by atoms with Crippen molar-refractivity contribution in [2.45, 2.75) is 31.6 Å². The second-order valence-electron chi connectivity index (χ2n) is 4.77. The van der Waals surface area contributed by atoms with Gasteiger partial charge in [0.2, 0.25) is 0 Å². The third kappa shape index (κ3) is 3.92. The molecule has 1 N–H and O–H groups in total. The lowest BCUT2D eigenvalue weighted by molar-refractivity contribution is 0.563. The molecule has 1 unspecified atom stereocenters. The van der Waals surface area contributed by atoms with Crippen LogP contribution in [0.25, 0.3) is 0 Å². The minimum Gasteiger partial charge on any atom is -0.357 e. The van der Waals surface area contributed by atoms with Gasteiger partial charge in [0.25, 0.3) is 0 Å². The van der Waals surface area contributed by atoms with Gasteiger partial charge >= 0.3 is 0 Å². The molecular formula is C15H24N2S. The Bertz CT molecular complexity index is 329. The second-order valence-corrected chi connectivity index (χ2v) is 6.05. The number of hydrogen-bond acceptors (Lipinski definition) is 3. The van der Waals surface area contributed by atoms with Crippen LogP contribution in [0.5, 0.6) is 0 Å². The summed E-state index contributed by atoms with van der Waals surface area (Å²) in [5.41, 5.74) is 1.37. The molecule has 1 atom stereocenters. The zero-order chi connectivity index (χ0) is 12.6. The van der Waals surface area contributed by atoms with Gasteiger partial charge in [0, 0.05) is 25.3 Å². The Kier molecular flexibility index (Phi) is 5.88. The van der Waals surface area contributed by atoms with Gasteiger partial charge in [-0.1, -0.05) is 38.0 Å². The Hall–Kier alpha value is -0.670. The SMILES string of the molecule is CCCCCSC1CNCCN1c1ccccc1. The summed E-state index contributed by atoms with van der Waals surface area (Å²) in [7, 11) is 0. The van der Waals surface area contributed by atoms with Crippen LogP contribution in [0, 0.1) is 0 Å². The molecule has 1 aliphatic heterocycles. The average Bonchev–Trinajstić information content (AvgIpc) is 2.45. The molecule has 2 rings (SSSR count). The number of nitrogens with zero attached hydrogens (tertiary/aromatic N) is 1. The van der Waals surface area contributed by atoms with Gasteiger partial charge in [0.15, 0.2) is 0 Å². The Morgan fingerprint density at radius 1 is 1.28 bits per heavy atom. The van der Waals surface area contributed by atoms with Crippen LogP contribution in [0.1, 0.15) is 26.2 Å². The van der Waals surface area contributed by atoms with Crippen molar-refractivity contribution in [2.24, 2.45) is 0 Å². The average molecular weight is 264 g/mol. The minimum absolute atomic E-state index is 0.595. The van der Waals surface area contributed by atoms with E-state index in [1.54, 1.807) is 0 Å². The highest BCUT2D eigenvalue weighted by atomic mass is 32.2. The quantitative estimate of drug-likeness (QED) is 0.793. The highest BCUT2D eigenvalue weighted by Gasteiger charge is 2.22. The molecule has 0 aliphatic carbocycles. The standard InChI is InChI=1S/C15H24N2S/c1-2-3-7-12-18-15-13-16-10-11-17(15)14-8-5-4-6-9-14/h4-6,8-9,15-16H,2-3,7,10-13H2,1H3. The molecule has 0 aromatic heterocycles.